The Bertz CT molecular complexity index is 340. The van der Waals surface area contributed by atoms with E-state index in [2.05, 4.69) is 0 Å². The Balaban J connectivity index is 5.14. The molecule has 0 aromatic rings. The van der Waals surface area contributed by atoms with E-state index in [-0.39, 0.29) is 24.7 Å². The van der Waals surface area contributed by atoms with Gasteiger partial charge in [0.15, 0.2) is 0 Å². The van der Waals surface area contributed by atoms with Crippen LogP contribution >= 0.6 is 0 Å². The van der Waals surface area contributed by atoms with Crippen LogP contribution in [-0.4, -0.2) is 29.3 Å². The molecule has 0 heterocycles. The molecular weight excluding hydrogens is 250 g/mol. The molecule has 6 nitrogen and oxygen atoms in total. The molecule has 0 aromatic heterocycles. The van der Waals surface area contributed by atoms with Crippen molar-refractivity contribution in [1.82, 2.24) is 0 Å². The van der Waals surface area contributed by atoms with Gasteiger partial charge in [-0.15, -0.1) is 0 Å². The first-order chi connectivity index (χ1) is 8.77. The molecule has 0 spiro atoms. The first kappa shape index (κ1) is 17.5. The van der Waals surface area contributed by atoms with Gasteiger partial charge >= 0.3 is 5.97 Å². The smallest absolute Gasteiger partial charge is 0.307 e. The van der Waals surface area contributed by atoms with Crippen LogP contribution in [0.2, 0.25) is 0 Å². The third kappa shape index (κ3) is 5.81. The summed E-state index contributed by atoms with van der Waals surface area (Å²) in [7, 11) is 0. The van der Waals surface area contributed by atoms with Crippen molar-refractivity contribution in [2.75, 3.05) is 6.54 Å². The third-order valence-electron chi connectivity index (χ3n) is 2.92. The summed E-state index contributed by atoms with van der Waals surface area (Å²) >= 11 is 0. The summed E-state index contributed by atoms with van der Waals surface area (Å²) in [6, 6.07) is 0. The number of carbonyl (C=O) groups excluding carboxylic acids is 2. The number of Topliss-reactive ketones (excluding diaryl/α,β-unsaturated/α-hetero) is 1. The molecule has 0 rings (SSSR count). The second-order valence-electron chi connectivity index (χ2n) is 5.01. The Labute approximate surface area is 113 Å². The van der Waals surface area contributed by atoms with Crippen LogP contribution in [0.15, 0.2) is 0 Å². The molecule has 0 radical (unpaired) electrons. The monoisotopic (exact) mass is 273 g/mol. The molecule has 0 N–H and O–H groups in total. The molecule has 0 fully saturated rings. The summed E-state index contributed by atoms with van der Waals surface area (Å²) in [6.07, 6.45) is 0.608. The zero-order valence-electron chi connectivity index (χ0n) is 12.1. The maximum absolute atomic E-state index is 12.1. The van der Waals surface area contributed by atoms with Gasteiger partial charge in [-0.25, -0.2) is 0 Å². The Morgan fingerprint density at radius 2 is 1.89 bits per heavy atom. The fourth-order valence-electron chi connectivity index (χ4n) is 2.23. The first-order valence-electron chi connectivity index (χ1n) is 6.62. The standard InChI is InChI=1S/C13H23NO5/c1-5-7-13(9-14(17)18,11(15)6-2)8-12(16)19-10(3)4/h10H,5-9H2,1-4H3. The number of esters is 1. The lowest BCUT2D eigenvalue weighted by atomic mass is 9.75. The highest BCUT2D eigenvalue weighted by molar-refractivity contribution is 5.89. The van der Waals surface area contributed by atoms with Gasteiger partial charge in [0.25, 0.3) is 0 Å². The van der Waals surface area contributed by atoms with Crippen LogP contribution in [0.1, 0.15) is 53.4 Å². The normalized spacial score (nSPS) is 13.9. The molecule has 19 heavy (non-hydrogen) atoms. The summed E-state index contributed by atoms with van der Waals surface area (Å²) in [5.74, 6) is -0.793. The van der Waals surface area contributed by atoms with Crippen molar-refractivity contribution in [2.24, 2.45) is 5.41 Å². The minimum Gasteiger partial charge on any atom is -0.463 e. The van der Waals surface area contributed by atoms with E-state index in [1.807, 2.05) is 6.92 Å². The van der Waals surface area contributed by atoms with Crippen LogP contribution in [0, 0.1) is 15.5 Å². The van der Waals surface area contributed by atoms with Gasteiger partial charge in [-0.05, 0) is 20.3 Å². The molecule has 1 atom stereocenters. The number of hydrogen-bond donors (Lipinski definition) is 0. The van der Waals surface area contributed by atoms with Gasteiger partial charge in [-0.3, -0.25) is 19.7 Å². The molecule has 0 saturated carbocycles. The van der Waals surface area contributed by atoms with E-state index in [0.29, 0.717) is 12.8 Å². The zero-order valence-corrected chi connectivity index (χ0v) is 12.1. The lowest BCUT2D eigenvalue weighted by Crippen LogP contribution is -2.40. The second kappa shape index (κ2) is 7.86. The van der Waals surface area contributed by atoms with Crippen LogP contribution in [0.3, 0.4) is 0 Å². The molecule has 1 unspecified atom stereocenters. The second-order valence-corrected chi connectivity index (χ2v) is 5.01. The van der Waals surface area contributed by atoms with Crippen molar-refractivity contribution in [3.63, 3.8) is 0 Å². The van der Waals surface area contributed by atoms with Crippen LogP contribution in [0.5, 0.6) is 0 Å². The molecule has 0 aliphatic rings. The quantitative estimate of drug-likeness (QED) is 0.365. The highest BCUT2D eigenvalue weighted by Crippen LogP contribution is 2.32. The maximum atomic E-state index is 12.1. The van der Waals surface area contributed by atoms with Crippen molar-refractivity contribution < 1.29 is 19.2 Å². The van der Waals surface area contributed by atoms with E-state index in [1.165, 1.54) is 0 Å². The maximum Gasteiger partial charge on any atom is 0.307 e. The van der Waals surface area contributed by atoms with E-state index >= 15 is 0 Å². The van der Waals surface area contributed by atoms with Crippen molar-refractivity contribution in [3.8, 4) is 0 Å². The number of ether oxygens (including phenoxy) is 1. The largest absolute Gasteiger partial charge is 0.463 e. The van der Waals surface area contributed by atoms with Gasteiger partial charge in [0, 0.05) is 11.3 Å². The van der Waals surface area contributed by atoms with Crippen LogP contribution in [0.25, 0.3) is 0 Å². The number of nitro groups is 1. The summed E-state index contributed by atoms with van der Waals surface area (Å²) in [5.41, 5.74) is -1.22. The fourth-order valence-corrected chi connectivity index (χ4v) is 2.23. The van der Waals surface area contributed by atoms with E-state index < -0.39 is 22.9 Å². The topological polar surface area (TPSA) is 86.5 Å². The highest BCUT2D eigenvalue weighted by Gasteiger charge is 2.43. The van der Waals surface area contributed by atoms with Gasteiger partial charge in [-0.2, -0.15) is 0 Å². The minimum atomic E-state index is -1.22. The number of carbonyl (C=O) groups is 2. The van der Waals surface area contributed by atoms with Gasteiger partial charge in [0.2, 0.25) is 6.54 Å². The van der Waals surface area contributed by atoms with Crippen molar-refractivity contribution in [1.29, 1.82) is 0 Å². The summed E-state index contributed by atoms with van der Waals surface area (Å²) < 4.78 is 5.01. The van der Waals surface area contributed by atoms with Crippen molar-refractivity contribution in [2.45, 2.75) is 59.5 Å². The molecule has 6 heteroatoms. The lowest BCUT2D eigenvalue weighted by Gasteiger charge is -2.27. The lowest BCUT2D eigenvalue weighted by molar-refractivity contribution is -0.494. The van der Waals surface area contributed by atoms with Gasteiger partial charge in [0.05, 0.1) is 12.5 Å². The van der Waals surface area contributed by atoms with E-state index in [1.54, 1.807) is 20.8 Å². The Morgan fingerprint density at radius 3 is 2.26 bits per heavy atom. The first-order valence-corrected chi connectivity index (χ1v) is 6.62. The SMILES string of the molecule is CCCC(CC(=O)OC(C)C)(C[N+](=O)[O-])C(=O)CC. The van der Waals surface area contributed by atoms with Crippen LogP contribution in [-0.2, 0) is 14.3 Å². The number of nitrogens with zero attached hydrogens (tertiary/aromatic N) is 1. The molecule has 0 aromatic carbocycles. The average molecular weight is 273 g/mol. The highest BCUT2D eigenvalue weighted by atomic mass is 16.6. The predicted molar refractivity (Wildman–Crippen MR) is 70.3 cm³/mol. The summed E-state index contributed by atoms with van der Waals surface area (Å²) in [5, 5.41) is 10.8. The fraction of sp³-hybridized carbons (Fsp3) is 0.846. The summed E-state index contributed by atoms with van der Waals surface area (Å²) in [4.78, 5) is 34.1. The number of ketones is 1. The summed E-state index contributed by atoms with van der Waals surface area (Å²) in [6.45, 7) is 6.38. The van der Waals surface area contributed by atoms with Crippen LogP contribution < -0.4 is 0 Å². The number of rotatable bonds is 9. The Morgan fingerprint density at radius 1 is 1.32 bits per heavy atom. The molecule has 0 aliphatic heterocycles. The molecular formula is C13H23NO5. The van der Waals surface area contributed by atoms with E-state index in [0.717, 1.165) is 0 Å². The molecule has 0 aliphatic carbocycles. The van der Waals surface area contributed by atoms with Gasteiger partial charge in [-0.1, -0.05) is 20.3 Å². The minimum absolute atomic E-state index is 0.183. The zero-order chi connectivity index (χ0) is 15.1. The average Bonchev–Trinajstić information content (AvgIpc) is 2.25. The molecule has 0 amide bonds. The van der Waals surface area contributed by atoms with E-state index in [4.69, 9.17) is 4.74 Å². The van der Waals surface area contributed by atoms with Crippen LogP contribution in [0.4, 0.5) is 0 Å². The van der Waals surface area contributed by atoms with E-state index in [9.17, 15) is 19.7 Å². The van der Waals surface area contributed by atoms with Crippen molar-refractivity contribution >= 4 is 11.8 Å². The third-order valence-corrected chi connectivity index (χ3v) is 2.92. The molecule has 110 valence electrons. The number of hydrogen-bond acceptors (Lipinski definition) is 5. The van der Waals surface area contributed by atoms with Gasteiger partial charge in [0.1, 0.15) is 11.2 Å². The Hall–Kier alpha value is -1.46. The molecule has 0 saturated heterocycles. The predicted octanol–water partition coefficient (Wildman–Crippen LogP) is 2.37. The van der Waals surface area contributed by atoms with Crippen molar-refractivity contribution in [3.05, 3.63) is 10.1 Å². The Kier molecular flexibility index (Phi) is 7.26. The van der Waals surface area contributed by atoms with Gasteiger partial charge < -0.3 is 4.74 Å². The molecule has 0 bridgehead atoms.